The molecule has 740 valence electrons. The molecule has 4 aromatic carbocycles. The maximum atomic E-state index is 15.5. The number of hydrogen-bond donors (Lipinski definition) is 7. The fraction of sp³-hybridized carbons (Fsp3) is 0.469. The van der Waals surface area contributed by atoms with E-state index in [2.05, 4.69) is 52.4 Å². The van der Waals surface area contributed by atoms with Gasteiger partial charge in [-0.1, -0.05) is 68.6 Å². The molecule has 4 amide bonds. The number of likely N-dealkylation sites (N-methyl/N-ethyl adjacent to an activating group) is 1. The zero-order chi connectivity index (χ0) is 100. The molecule has 4 saturated heterocycles. The van der Waals surface area contributed by atoms with Gasteiger partial charge < -0.3 is 81.8 Å². The van der Waals surface area contributed by atoms with Crippen LogP contribution in [-0.4, -0.2) is 241 Å². The molecule has 12 heterocycles. The molecule has 0 saturated carbocycles. The summed E-state index contributed by atoms with van der Waals surface area (Å²) in [6, 6.07) is 6.87. The molecule has 1 spiro atoms. The van der Waals surface area contributed by atoms with Crippen LogP contribution in [0.1, 0.15) is 243 Å². The molecule has 4 fully saturated rings. The number of nitrogens with one attached hydrogen (secondary N) is 2. The minimum Gasteiger partial charge on any atom is -0.490 e. The molecule has 40 heteroatoms. The van der Waals surface area contributed by atoms with E-state index in [4.69, 9.17) is 101 Å². The Labute approximate surface area is 813 Å². The predicted molar refractivity (Wildman–Crippen MR) is 522 cm³/mol. The van der Waals surface area contributed by atoms with Gasteiger partial charge in [0.15, 0.2) is 17.5 Å². The van der Waals surface area contributed by atoms with Crippen molar-refractivity contribution in [1.82, 2.24) is 87.7 Å². The summed E-state index contributed by atoms with van der Waals surface area (Å²) >= 11 is 18.9. The molecule has 7 atom stereocenters. The van der Waals surface area contributed by atoms with E-state index in [1.807, 2.05) is 115 Å². The van der Waals surface area contributed by atoms with Crippen molar-refractivity contribution in [1.29, 1.82) is 0 Å². The number of nitrogens with zero attached hydrogens (tertiary/aromatic N) is 16. The van der Waals surface area contributed by atoms with Crippen LogP contribution in [0.4, 0.5) is 40.8 Å². The standard InChI is InChI=1S/C26H35ClFN7O2.C25H29ClFN5O3.C24H30FN5O3.C23H29ClFN5O3/c1-15(2)37-23-18(16(3)25-32-17(4)22-24(29)30-7-9-35(22)25)14-19(27)21(28)20(23)26(36)31-6-8-34-12-10-33(5)11-13-34;1-13(2)35-21-16(14(3)23-30-15(4)20-22(28)29-6-7-32(20)23)9-17(26)19(27)18(21)24(33)31-10-25(11-31)5-8-34-12-25;1-13(2)33-21-17(14(3)23-28-15(4)20-22(26)27-9-11-30(20)23)6-7-18(25)19(21)24(31)29-10-8-16(12-29)32-5;1-10(2)33-20-15(9-16(24)18(25)17(20)23(32)29-12(4)14(6)31)11(3)22-28-13(5)19-21(26)27-7-8-30(19)22/h7,9,14-16H,6,8,10-13H2,1-5H3,(H2,29,30)(H,31,36);6-7,9,13-14H,5,8,10-12H2,1-4H3,(H2,28,29);6-7,9,11,13-14,16H,8,10,12H2,1-5H3,(H2,26,27);7-12,14,31H,1-6H3,(H2,26,27)(H,29,32)/t16-;;;/m0.../s1. The van der Waals surface area contributed by atoms with Crippen molar-refractivity contribution in [2.75, 3.05) is 116 Å². The number of anilines is 4. The average molecular weight is 1970 g/mol. The number of likely N-dealkylation sites (tertiary alicyclic amines) is 2. The highest BCUT2D eigenvalue weighted by Gasteiger charge is 2.49. The molecule has 8 aromatic heterocycles. The minimum atomic E-state index is -0.892. The number of benzene rings is 4. The summed E-state index contributed by atoms with van der Waals surface area (Å²) in [4.78, 5) is 96.6. The quantitative estimate of drug-likeness (QED) is 0.0248. The molecule has 4 aliphatic rings. The third kappa shape index (κ3) is 21.6. The molecule has 11 N–H and O–H groups in total. The SMILES string of the molecule is COC1CCN(C(=O)c2c(F)ccc(C(C)c3nc(C)c4c(N)nccn34)c2OC(C)C)C1.Cc1nc(C(C)c2cc(Cl)c(F)c(C(=O)N3CC4(CCOC4)C3)c2OC(C)C)n2ccnc(N)c12.Cc1nc(C(C)c2cc(Cl)c(F)c(C(=O)NC(C)C(C)O)c2OC(C)C)n2ccnc(N)c12.Cc1nc([C@@H](C)c2cc(Cl)c(F)c(C(=O)NCCN3CCN(C)CC3)c2OC(C)C)n2ccnc(N)c12. The van der Waals surface area contributed by atoms with E-state index in [0.717, 1.165) is 55.9 Å². The number of nitrogens with two attached hydrogens (primary N) is 4. The number of aromatic nitrogens is 12. The third-order valence-electron chi connectivity index (χ3n) is 25.3. The maximum Gasteiger partial charge on any atom is 0.260 e. The number of ether oxygens (including phenoxy) is 6. The van der Waals surface area contributed by atoms with E-state index in [-0.39, 0.29) is 108 Å². The predicted octanol–water partition coefficient (Wildman–Crippen LogP) is 15.0. The number of rotatable bonds is 26. The lowest BCUT2D eigenvalue weighted by molar-refractivity contribution is -0.000296. The summed E-state index contributed by atoms with van der Waals surface area (Å²) in [7, 11) is 3.71. The van der Waals surface area contributed by atoms with E-state index in [1.54, 1.807) is 93.3 Å². The zero-order valence-corrected chi connectivity index (χ0v) is 83.7. The van der Waals surface area contributed by atoms with Crippen LogP contribution >= 0.6 is 34.8 Å². The zero-order valence-electron chi connectivity index (χ0n) is 81.4. The van der Waals surface area contributed by atoms with Crippen molar-refractivity contribution in [3.63, 3.8) is 0 Å². The van der Waals surface area contributed by atoms with Crippen LogP contribution in [-0.2, 0) is 9.47 Å². The lowest BCUT2D eigenvalue weighted by atomic mass is 9.79. The van der Waals surface area contributed by atoms with Crippen molar-refractivity contribution in [3.05, 3.63) is 209 Å². The topological polar surface area (TPSA) is 406 Å². The fourth-order valence-corrected chi connectivity index (χ4v) is 18.6. The Morgan fingerprint density at radius 3 is 1.23 bits per heavy atom. The molecule has 138 heavy (non-hydrogen) atoms. The molecule has 12 aromatic rings. The van der Waals surface area contributed by atoms with Crippen LogP contribution in [0.3, 0.4) is 0 Å². The highest BCUT2D eigenvalue weighted by molar-refractivity contribution is 6.32. The van der Waals surface area contributed by atoms with E-state index in [9.17, 15) is 24.3 Å². The summed E-state index contributed by atoms with van der Waals surface area (Å²) in [5.74, 6) is -1.96. The number of halogens is 7. The molecule has 0 bridgehead atoms. The number of carbonyl (C=O) groups excluding carboxylic acids is 4. The summed E-state index contributed by atoms with van der Waals surface area (Å²) in [6.45, 7) is 41.0. The van der Waals surface area contributed by atoms with Gasteiger partial charge in [0.1, 0.15) is 120 Å². The van der Waals surface area contributed by atoms with Crippen molar-refractivity contribution in [3.8, 4) is 23.0 Å². The number of piperazine rings is 1. The number of hydrogen-bond acceptors (Lipinski definition) is 25. The molecule has 0 radical (unpaired) electrons. The number of aliphatic hydroxyl groups excluding tert-OH is 1. The fourth-order valence-electron chi connectivity index (χ4n) is 18.0. The van der Waals surface area contributed by atoms with Gasteiger partial charge >= 0.3 is 0 Å². The van der Waals surface area contributed by atoms with Crippen LogP contribution < -0.4 is 52.5 Å². The smallest absolute Gasteiger partial charge is 0.260 e. The molecular formula is C98H123Cl3F4N22O11. The van der Waals surface area contributed by atoms with Crippen LogP contribution in [0.2, 0.25) is 15.1 Å². The van der Waals surface area contributed by atoms with E-state index < -0.39 is 70.9 Å². The Kier molecular flexibility index (Phi) is 32.4. The summed E-state index contributed by atoms with van der Waals surface area (Å²) < 4.78 is 104. The van der Waals surface area contributed by atoms with E-state index in [1.165, 1.54) is 31.2 Å². The first-order chi connectivity index (χ1) is 65.3. The highest BCUT2D eigenvalue weighted by atomic mass is 35.5. The van der Waals surface area contributed by atoms with Crippen LogP contribution in [0, 0.1) is 56.4 Å². The number of aliphatic hydroxyl groups is 1. The van der Waals surface area contributed by atoms with Gasteiger partial charge in [-0.3, -0.25) is 41.7 Å². The molecular weight excluding hydrogens is 1840 g/mol. The van der Waals surface area contributed by atoms with Gasteiger partial charge in [0.25, 0.3) is 23.6 Å². The lowest BCUT2D eigenvalue weighted by Gasteiger charge is -2.47. The largest absolute Gasteiger partial charge is 0.490 e. The Morgan fingerprint density at radius 2 is 0.870 bits per heavy atom. The average Bonchev–Trinajstić information content (AvgIpc) is 1.25. The highest BCUT2D eigenvalue weighted by Crippen LogP contribution is 2.48. The van der Waals surface area contributed by atoms with Gasteiger partial charge in [0, 0.05) is 180 Å². The molecule has 0 aliphatic carbocycles. The van der Waals surface area contributed by atoms with Gasteiger partial charge in [-0.2, -0.15) is 0 Å². The van der Waals surface area contributed by atoms with E-state index >= 15 is 17.6 Å². The number of amides is 4. The van der Waals surface area contributed by atoms with Gasteiger partial charge in [-0.15, -0.1) is 0 Å². The summed E-state index contributed by atoms with van der Waals surface area (Å²) in [6.07, 6.45) is 13.0. The van der Waals surface area contributed by atoms with Crippen molar-refractivity contribution < 1.29 is 70.3 Å². The second kappa shape index (κ2) is 43.2. The first-order valence-electron chi connectivity index (χ1n) is 46.1. The maximum absolute atomic E-state index is 15.5. The van der Waals surface area contributed by atoms with Gasteiger partial charge in [-0.25, -0.2) is 57.4 Å². The second-order valence-electron chi connectivity index (χ2n) is 36.9. The van der Waals surface area contributed by atoms with E-state index in [0.29, 0.717) is 149 Å². The number of nitrogen functional groups attached to an aromatic ring is 4. The van der Waals surface area contributed by atoms with Crippen molar-refractivity contribution in [2.45, 2.75) is 204 Å². The monoisotopic (exact) mass is 1960 g/mol. The number of imidazole rings is 4. The Bertz CT molecular complexity index is 6530. The molecule has 4 aliphatic heterocycles. The van der Waals surface area contributed by atoms with Gasteiger partial charge in [-0.05, 0) is 141 Å². The van der Waals surface area contributed by atoms with Crippen molar-refractivity contribution in [2.24, 2.45) is 5.41 Å². The van der Waals surface area contributed by atoms with Crippen LogP contribution in [0.15, 0.2) is 79.9 Å². The molecule has 33 nitrogen and oxygen atoms in total. The van der Waals surface area contributed by atoms with Crippen LogP contribution in [0.5, 0.6) is 23.0 Å². The first kappa shape index (κ1) is 103. The lowest BCUT2D eigenvalue weighted by Crippen LogP contribution is -2.59. The number of aryl methyl sites for hydroxylation is 4. The molecule has 6 unspecified atom stereocenters. The van der Waals surface area contributed by atoms with Crippen LogP contribution in [0.25, 0.3) is 22.1 Å². The Balaban J connectivity index is 0.000000155. The second-order valence-corrected chi connectivity index (χ2v) is 38.1. The number of fused-ring (bicyclic) bond motifs is 4. The normalized spacial score (nSPS) is 16.3. The number of methoxy groups -OCH3 is 1. The van der Waals surface area contributed by atoms with Gasteiger partial charge in [0.2, 0.25) is 0 Å². The summed E-state index contributed by atoms with van der Waals surface area (Å²) in [5, 5.41) is 14.8. The Morgan fingerprint density at radius 1 is 0.507 bits per heavy atom. The van der Waals surface area contributed by atoms with Gasteiger partial charge in [0.05, 0.1) is 87.1 Å². The third-order valence-corrected chi connectivity index (χ3v) is 26.1. The van der Waals surface area contributed by atoms with Crippen molar-refractivity contribution >= 4 is 104 Å². The number of carbonyl (C=O) groups is 4. The first-order valence-corrected chi connectivity index (χ1v) is 47.3. The summed E-state index contributed by atoms with van der Waals surface area (Å²) in [5.41, 5.74) is 31.6. The molecule has 16 rings (SSSR count). The minimum absolute atomic E-state index is 0.0276. The Hall–Kier alpha value is -12.0.